The number of carboxylic acid groups (broad SMARTS) is 4. The Balaban J connectivity index is -0.0000000231. The normalized spacial score (nSPS) is 6.52. The Morgan fingerprint density at radius 1 is 0.600 bits per heavy atom. The number of rotatable bonds is 0. The zero-order valence-corrected chi connectivity index (χ0v) is 15.3. The summed E-state index contributed by atoms with van der Waals surface area (Å²) in [5, 5.41) is 29.7. The Morgan fingerprint density at radius 2 is 0.600 bits per heavy atom. The average Bonchev–Trinajstić information content (AvgIpc) is 2.12. The van der Waals surface area contributed by atoms with E-state index in [-0.39, 0.29) is 12.3 Å². The molecular weight excluding hydrogens is 371 g/mol. The van der Waals surface area contributed by atoms with Crippen LogP contribution in [0.15, 0.2) is 13.2 Å². The molecule has 0 aromatic heterocycles. The van der Waals surface area contributed by atoms with Crippen molar-refractivity contribution >= 4 is 31.7 Å². The van der Waals surface area contributed by atoms with E-state index in [0.717, 1.165) is 27.7 Å². The summed E-state index contributed by atoms with van der Waals surface area (Å²) in [6, 6.07) is 0. The SMILES string of the molecule is C=C.CC(=O)O.CC(=O)O.CC(=O)O.CC(=O)O.N.N.O=P(O)(O)O. The molecule has 15 heteroatoms. The zero-order valence-electron chi connectivity index (χ0n) is 14.4. The van der Waals surface area contributed by atoms with Crippen molar-refractivity contribution in [3.05, 3.63) is 13.2 Å². The summed E-state index contributed by atoms with van der Waals surface area (Å²) in [7, 11) is -4.64. The van der Waals surface area contributed by atoms with Gasteiger partial charge in [0.05, 0.1) is 0 Å². The van der Waals surface area contributed by atoms with Gasteiger partial charge in [0.15, 0.2) is 0 Å². The highest BCUT2D eigenvalue weighted by Gasteiger charge is 2.00. The smallest absolute Gasteiger partial charge is 0.466 e. The van der Waals surface area contributed by atoms with Gasteiger partial charge in [-0.3, -0.25) is 19.2 Å². The van der Waals surface area contributed by atoms with Crippen LogP contribution in [0.1, 0.15) is 27.7 Å². The van der Waals surface area contributed by atoms with Crippen molar-refractivity contribution in [1.82, 2.24) is 12.3 Å². The molecule has 0 saturated carbocycles. The van der Waals surface area contributed by atoms with Crippen molar-refractivity contribution in [2.75, 3.05) is 0 Å². The largest absolute Gasteiger partial charge is 0.481 e. The van der Waals surface area contributed by atoms with E-state index < -0.39 is 31.7 Å². The fourth-order valence-corrected chi connectivity index (χ4v) is 0. The standard InChI is InChI=1S/4C2H4O2.C2H4.2H3N.H3O4P/c4*1-2(3)4;1-2;;;1-5(2,3)4/h4*1H3,(H,3,4);1-2H2;2*1H3;(H3,1,2,3,4). The van der Waals surface area contributed by atoms with Crippen molar-refractivity contribution in [2.24, 2.45) is 0 Å². The molecule has 0 aliphatic carbocycles. The van der Waals surface area contributed by atoms with E-state index in [1.54, 1.807) is 0 Å². The maximum atomic E-state index is 9.00. The number of hydrogen-bond acceptors (Lipinski definition) is 7. The molecule has 0 radical (unpaired) electrons. The van der Waals surface area contributed by atoms with Crippen molar-refractivity contribution in [3.8, 4) is 0 Å². The number of carboxylic acids is 4. The van der Waals surface area contributed by atoms with Crippen molar-refractivity contribution in [3.63, 3.8) is 0 Å². The quantitative estimate of drug-likeness (QED) is 0.198. The van der Waals surface area contributed by atoms with Crippen LogP contribution in [0.2, 0.25) is 0 Å². The van der Waals surface area contributed by atoms with Crippen LogP contribution in [-0.2, 0) is 23.7 Å². The molecule has 0 heterocycles. The molecule has 13 N–H and O–H groups in total. The fraction of sp³-hybridized carbons (Fsp3) is 0.400. The first-order valence-corrected chi connectivity index (χ1v) is 6.56. The van der Waals surface area contributed by atoms with Crippen LogP contribution in [0.4, 0.5) is 0 Å². The van der Waals surface area contributed by atoms with E-state index in [1.165, 1.54) is 0 Å². The van der Waals surface area contributed by atoms with Gasteiger partial charge >= 0.3 is 7.82 Å². The van der Waals surface area contributed by atoms with Crippen molar-refractivity contribution in [1.29, 1.82) is 0 Å². The Kier molecular flexibility index (Phi) is 74.6. The monoisotopic (exact) mass is 400 g/mol. The first kappa shape index (κ1) is 49.5. The van der Waals surface area contributed by atoms with E-state index in [0.29, 0.717) is 0 Å². The van der Waals surface area contributed by atoms with Gasteiger partial charge < -0.3 is 47.4 Å². The number of aliphatic carboxylic acids is 4. The molecular formula is C10H29N2O12P. The summed E-state index contributed by atoms with van der Waals surface area (Å²) in [4.78, 5) is 57.6. The number of phosphoric acid groups is 1. The van der Waals surface area contributed by atoms with Gasteiger partial charge in [0, 0.05) is 27.7 Å². The molecule has 14 nitrogen and oxygen atoms in total. The van der Waals surface area contributed by atoms with Gasteiger partial charge in [-0.15, -0.1) is 13.2 Å². The molecule has 0 aliphatic rings. The van der Waals surface area contributed by atoms with Gasteiger partial charge in [-0.05, 0) is 0 Å². The summed E-state index contributed by atoms with van der Waals surface area (Å²) in [5.74, 6) is -3.33. The maximum Gasteiger partial charge on any atom is 0.466 e. The third-order valence-electron chi connectivity index (χ3n) is 0. The van der Waals surface area contributed by atoms with Gasteiger partial charge in [-0.2, -0.15) is 0 Å². The molecule has 0 saturated heterocycles. The molecule has 0 unspecified atom stereocenters. The second-order valence-electron chi connectivity index (χ2n) is 2.59. The predicted octanol–water partition coefficient (Wildman–Crippen LogP) is 0.561. The second kappa shape index (κ2) is 37.7. The van der Waals surface area contributed by atoms with Crippen LogP contribution in [0.3, 0.4) is 0 Å². The molecule has 0 bridgehead atoms. The minimum Gasteiger partial charge on any atom is -0.481 e. The van der Waals surface area contributed by atoms with Crippen LogP contribution in [0.5, 0.6) is 0 Å². The summed E-state index contributed by atoms with van der Waals surface area (Å²) in [6.07, 6.45) is 0. The third-order valence-corrected chi connectivity index (χ3v) is 0. The van der Waals surface area contributed by atoms with Crippen LogP contribution in [0, 0.1) is 0 Å². The molecule has 0 spiro atoms. The highest BCUT2D eigenvalue weighted by atomic mass is 31.2. The van der Waals surface area contributed by atoms with E-state index in [2.05, 4.69) is 13.2 Å². The predicted molar refractivity (Wildman–Crippen MR) is 88.8 cm³/mol. The lowest BCUT2D eigenvalue weighted by Crippen LogP contribution is -1.78. The van der Waals surface area contributed by atoms with Gasteiger partial charge in [0.2, 0.25) is 0 Å². The highest BCUT2D eigenvalue weighted by molar-refractivity contribution is 7.45. The lowest BCUT2D eigenvalue weighted by molar-refractivity contribution is -0.135. The highest BCUT2D eigenvalue weighted by Crippen LogP contribution is 2.25. The summed E-state index contributed by atoms with van der Waals surface area (Å²) in [6.45, 7) is 10.3. The lowest BCUT2D eigenvalue weighted by Gasteiger charge is -1.82. The Morgan fingerprint density at radius 3 is 0.600 bits per heavy atom. The lowest BCUT2D eigenvalue weighted by atomic mass is 10.9. The van der Waals surface area contributed by atoms with E-state index in [9.17, 15) is 0 Å². The number of carbonyl (C=O) groups is 4. The summed E-state index contributed by atoms with van der Waals surface area (Å²) >= 11 is 0. The van der Waals surface area contributed by atoms with E-state index in [1.807, 2.05) is 0 Å². The van der Waals surface area contributed by atoms with Gasteiger partial charge in [0.1, 0.15) is 0 Å². The zero-order chi connectivity index (χ0) is 20.8. The van der Waals surface area contributed by atoms with Crippen LogP contribution in [0.25, 0.3) is 0 Å². The van der Waals surface area contributed by atoms with Crippen LogP contribution in [-0.4, -0.2) is 59.0 Å². The van der Waals surface area contributed by atoms with Gasteiger partial charge in [-0.1, -0.05) is 0 Å². The topological polar surface area (TPSA) is 297 Å². The molecule has 0 aromatic rings. The van der Waals surface area contributed by atoms with Crippen molar-refractivity contribution in [2.45, 2.75) is 27.7 Å². The molecule has 0 aliphatic heterocycles. The van der Waals surface area contributed by atoms with Gasteiger partial charge in [-0.25, -0.2) is 4.57 Å². The molecule has 0 fully saturated rings. The molecule has 0 atom stereocenters. The summed E-state index contributed by atoms with van der Waals surface area (Å²) < 4.78 is 8.88. The van der Waals surface area contributed by atoms with Crippen LogP contribution < -0.4 is 12.3 Å². The van der Waals surface area contributed by atoms with Crippen LogP contribution >= 0.6 is 7.82 Å². The minimum atomic E-state index is -4.64. The van der Waals surface area contributed by atoms with E-state index >= 15 is 0 Å². The summed E-state index contributed by atoms with van der Waals surface area (Å²) in [5.41, 5.74) is 0. The minimum absolute atomic E-state index is 0. The third kappa shape index (κ3) is 1510. The molecule has 156 valence electrons. The molecule has 0 amide bonds. The first-order chi connectivity index (χ1) is 9.93. The second-order valence-corrected chi connectivity index (χ2v) is 3.62. The Hall–Kier alpha value is -2.35. The molecule has 0 rings (SSSR count). The maximum absolute atomic E-state index is 9.00. The Labute approximate surface area is 144 Å². The number of hydrogen-bond donors (Lipinski definition) is 9. The molecule has 0 aromatic carbocycles. The van der Waals surface area contributed by atoms with Gasteiger partial charge in [0.25, 0.3) is 23.9 Å². The molecule has 25 heavy (non-hydrogen) atoms. The van der Waals surface area contributed by atoms with Crippen molar-refractivity contribution < 1.29 is 58.8 Å². The first-order valence-electron chi connectivity index (χ1n) is 4.99. The fourth-order valence-electron chi connectivity index (χ4n) is 0. The average molecular weight is 400 g/mol. The van der Waals surface area contributed by atoms with E-state index in [4.69, 9.17) is 58.8 Å². The Bertz CT molecular complexity index is 297.